The van der Waals surface area contributed by atoms with Gasteiger partial charge in [-0.25, -0.2) is 4.79 Å². The van der Waals surface area contributed by atoms with E-state index in [0.717, 1.165) is 5.56 Å². The molecule has 2 rings (SSSR count). The molecule has 0 aromatic heterocycles. The molecule has 1 aromatic rings. The smallest absolute Gasteiger partial charge is 0.330 e. The summed E-state index contributed by atoms with van der Waals surface area (Å²) in [5.74, 6) is 0.00386. The average molecular weight is 290 g/mol. The highest BCUT2D eigenvalue weighted by Gasteiger charge is 2.39. The number of benzene rings is 1. The van der Waals surface area contributed by atoms with E-state index in [1.54, 1.807) is 6.08 Å². The van der Waals surface area contributed by atoms with Crippen LogP contribution in [0.2, 0.25) is 0 Å². The molecule has 0 aliphatic carbocycles. The molecule has 0 bridgehead atoms. The van der Waals surface area contributed by atoms with Crippen molar-refractivity contribution in [3.63, 3.8) is 0 Å². The molecule has 0 saturated carbocycles. The van der Waals surface area contributed by atoms with E-state index in [2.05, 4.69) is 4.74 Å². The second-order valence-electron chi connectivity index (χ2n) is 5.42. The van der Waals surface area contributed by atoms with Gasteiger partial charge in [-0.2, -0.15) is 0 Å². The summed E-state index contributed by atoms with van der Waals surface area (Å²) in [6.45, 7) is 2.69. The largest absolute Gasteiger partial charge is 0.466 e. The fraction of sp³-hybridized carbons (Fsp3) is 0.471. The van der Waals surface area contributed by atoms with E-state index >= 15 is 0 Å². The van der Waals surface area contributed by atoms with Gasteiger partial charge in [0.1, 0.15) is 0 Å². The summed E-state index contributed by atoms with van der Waals surface area (Å²) in [6.07, 6.45) is 3.01. The molecule has 1 fully saturated rings. The Labute approximate surface area is 125 Å². The number of carbonyl (C=O) groups excluding carboxylic acids is 1. The molecule has 1 saturated heterocycles. The number of esters is 1. The minimum Gasteiger partial charge on any atom is -0.466 e. The zero-order valence-corrected chi connectivity index (χ0v) is 12.4. The van der Waals surface area contributed by atoms with E-state index in [9.17, 15) is 9.90 Å². The SMILES string of the molecule is COC(=O)/C=C/C[C@H](O)[C@H](C)[C@H]1CO[C@@H]1c1ccccc1. The molecule has 21 heavy (non-hydrogen) atoms. The average Bonchev–Trinajstić information content (AvgIpc) is 2.46. The Morgan fingerprint density at radius 3 is 2.76 bits per heavy atom. The lowest BCUT2D eigenvalue weighted by Crippen LogP contribution is -2.41. The first-order chi connectivity index (χ1) is 10.1. The highest BCUT2D eigenvalue weighted by molar-refractivity contribution is 5.81. The molecule has 0 spiro atoms. The van der Waals surface area contributed by atoms with Gasteiger partial charge in [-0.15, -0.1) is 0 Å². The molecule has 114 valence electrons. The van der Waals surface area contributed by atoms with Crippen LogP contribution in [-0.4, -0.2) is 30.9 Å². The summed E-state index contributed by atoms with van der Waals surface area (Å²) in [5, 5.41) is 10.2. The molecule has 1 aliphatic rings. The predicted molar refractivity (Wildman–Crippen MR) is 79.6 cm³/mol. The lowest BCUT2D eigenvalue weighted by Gasteiger charge is -2.42. The van der Waals surface area contributed by atoms with Crippen LogP contribution in [0.15, 0.2) is 42.5 Å². The van der Waals surface area contributed by atoms with Gasteiger partial charge >= 0.3 is 5.97 Å². The fourth-order valence-electron chi connectivity index (χ4n) is 2.59. The minimum atomic E-state index is -0.494. The molecule has 1 aromatic carbocycles. The standard InChI is InChI=1S/C17H22O4/c1-12(15(18)9-6-10-16(19)20-2)14-11-21-17(14)13-7-4-3-5-8-13/h3-8,10,12,14-15,17-18H,9,11H2,1-2H3/b10-6+/t12-,14-,15+,17-/m1/s1. The van der Waals surface area contributed by atoms with Crippen molar-refractivity contribution >= 4 is 5.97 Å². The van der Waals surface area contributed by atoms with E-state index in [0.29, 0.717) is 18.9 Å². The number of rotatable bonds is 6. The first kappa shape index (κ1) is 15.7. The van der Waals surface area contributed by atoms with Crippen LogP contribution in [0, 0.1) is 11.8 Å². The lowest BCUT2D eigenvalue weighted by atomic mass is 9.78. The van der Waals surface area contributed by atoms with Crippen molar-refractivity contribution in [1.29, 1.82) is 0 Å². The second-order valence-corrected chi connectivity index (χ2v) is 5.42. The van der Waals surface area contributed by atoms with Crippen LogP contribution in [0.1, 0.15) is 25.0 Å². The van der Waals surface area contributed by atoms with Crippen LogP contribution in [0.5, 0.6) is 0 Å². The molecule has 0 radical (unpaired) electrons. The molecule has 0 unspecified atom stereocenters. The summed E-state index contributed by atoms with van der Waals surface area (Å²) in [5.41, 5.74) is 1.15. The number of hydrogen-bond acceptors (Lipinski definition) is 4. The first-order valence-electron chi connectivity index (χ1n) is 7.22. The molecular weight excluding hydrogens is 268 g/mol. The van der Waals surface area contributed by atoms with E-state index in [1.165, 1.54) is 13.2 Å². The Bertz CT molecular complexity index is 483. The quantitative estimate of drug-likeness (QED) is 0.646. The maximum Gasteiger partial charge on any atom is 0.330 e. The molecule has 0 amide bonds. The Kier molecular flexibility index (Phi) is 5.53. The normalized spacial score (nSPS) is 24.3. The van der Waals surface area contributed by atoms with Crippen LogP contribution in [0.25, 0.3) is 0 Å². The van der Waals surface area contributed by atoms with E-state index < -0.39 is 12.1 Å². The van der Waals surface area contributed by atoms with Crippen LogP contribution >= 0.6 is 0 Å². The molecule has 4 heteroatoms. The van der Waals surface area contributed by atoms with Crippen molar-refractivity contribution in [2.45, 2.75) is 25.6 Å². The predicted octanol–water partition coefficient (Wildman–Crippen LogP) is 2.49. The molecule has 4 nitrogen and oxygen atoms in total. The van der Waals surface area contributed by atoms with Gasteiger partial charge in [0.05, 0.1) is 25.9 Å². The number of carbonyl (C=O) groups is 1. The van der Waals surface area contributed by atoms with Gasteiger partial charge in [0.2, 0.25) is 0 Å². The Morgan fingerprint density at radius 2 is 2.19 bits per heavy atom. The summed E-state index contributed by atoms with van der Waals surface area (Å²) in [7, 11) is 1.34. The van der Waals surface area contributed by atoms with Gasteiger partial charge in [0.15, 0.2) is 0 Å². The van der Waals surface area contributed by atoms with E-state index in [4.69, 9.17) is 4.74 Å². The number of aliphatic hydroxyl groups excluding tert-OH is 1. The summed E-state index contributed by atoms with van der Waals surface area (Å²) < 4.78 is 10.2. The maximum atomic E-state index is 11.0. The van der Waals surface area contributed by atoms with Gasteiger partial charge in [0.25, 0.3) is 0 Å². The van der Waals surface area contributed by atoms with E-state index in [1.807, 2.05) is 37.3 Å². The Morgan fingerprint density at radius 1 is 1.48 bits per heavy atom. The van der Waals surface area contributed by atoms with Crippen LogP contribution < -0.4 is 0 Å². The number of hydrogen-bond donors (Lipinski definition) is 1. The summed E-state index contributed by atoms with van der Waals surface area (Å²) >= 11 is 0. The zero-order chi connectivity index (χ0) is 15.2. The van der Waals surface area contributed by atoms with Gasteiger partial charge in [-0.3, -0.25) is 0 Å². The Hall–Kier alpha value is -1.65. The van der Waals surface area contributed by atoms with Crippen LogP contribution in [-0.2, 0) is 14.3 Å². The van der Waals surface area contributed by atoms with E-state index in [-0.39, 0.29) is 12.0 Å². The van der Waals surface area contributed by atoms with Crippen molar-refractivity contribution < 1.29 is 19.4 Å². The van der Waals surface area contributed by atoms with Gasteiger partial charge in [-0.1, -0.05) is 43.3 Å². The topological polar surface area (TPSA) is 55.8 Å². The third-order valence-electron chi connectivity index (χ3n) is 4.10. The highest BCUT2D eigenvalue weighted by Crippen LogP contribution is 2.41. The van der Waals surface area contributed by atoms with Gasteiger partial charge in [0, 0.05) is 12.0 Å². The third kappa shape index (κ3) is 3.93. The maximum absolute atomic E-state index is 11.0. The van der Waals surface area contributed by atoms with Crippen LogP contribution in [0.4, 0.5) is 0 Å². The molecule has 1 N–H and O–H groups in total. The van der Waals surface area contributed by atoms with Crippen molar-refractivity contribution in [2.75, 3.05) is 13.7 Å². The van der Waals surface area contributed by atoms with Gasteiger partial charge < -0.3 is 14.6 Å². The van der Waals surface area contributed by atoms with Crippen molar-refractivity contribution in [1.82, 2.24) is 0 Å². The van der Waals surface area contributed by atoms with Crippen molar-refractivity contribution in [3.8, 4) is 0 Å². The van der Waals surface area contributed by atoms with Crippen molar-refractivity contribution in [2.24, 2.45) is 11.8 Å². The molecule has 4 atom stereocenters. The second kappa shape index (κ2) is 7.38. The first-order valence-corrected chi connectivity index (χ1v) is 7.22. The highest BCUT2D eigenvalue weighted by atomic mass is 16.5. The zero-order valence-electron chi connectivity index (χ0n) is 12.4. The monoisotopic (exact) mass is 290 g/mol. The Balaban J connectivity index is 1.89. The number of methoxy groups -OCH3 is 1. The summed E-state index contributed by atoms with van der Waals surface area (Å²) in [6, 6.07) is 10.1. The minimum absolute atomic E-state index is 0.0560. The van der Waals surface area contributed by atoms with Crippen molar-refractivity contribution in [3.05, 3.63) is 48.0 Å². The fourth-order valence-corrected chi connectivity index (χ4v) is 2.59. The van der Waals surface area contributed by atoms with Crippen LogP contribution in [0.3, 0.4) is 0 Å². The number of ether oxygens (including phenoxy) is 2. The third-order valence-corrected chi connectivity index (χ3v) is 4.10. The van der Waals surface area contributed by atoms with Gasteiger partial charge in [-0.05, 0) is 17.9 Å². The number of aliphatic hydroxyl groups is 1. The molecule has 1 aliphatic heterocycles. The summed E-state index contributed by atoms with van der Waals surface area (Å²) in [4.78, 5) is 11.0. The lowest BCUT2D eigenvalue weighted by molar-refractivity contribution is -0.154. The molecular formula is C17H22O4. The molecule has 1 heterocycles.